The van der Waals surface area contributed by atoms with Gasteiger partial charge in [0.1, 0.15) is 0 Å². The molecule has 0 spiro atoms. The number of aryl methyl sites for hydroxylation is 1. The normalized spacial score (nSPS) is 15.1. The van der Waals surface area contributed by atoms with Crippen LogP contribution in [-0.4, -0.2) is 55.1 Å². The highest BCUT2D eigenvalue weighted by atomic mass is 79.9. The summed E-state index contributed by atoms with van der Waals surface area (Å²) in [5.41, 5.74) is 3.04. The molecule has 2 heterocycles. The molecule has 5 nitrogen and oxygen atoms in total. The Kier molecular flexibility index (Phi) is 5.94. The van der Waals surface area contributed by atoms with Crippen molar-refractivity contribution in [1.29, 1.82) is 0 Å². The van der Waals surface area contributed by atoms with E-state index in [1.165, 1.54) is 10.3 Å². The summed E-state index contributed by atoms with van der Waals surface area (Å²) in [4.78, 5) is 21.8. The maximum Gasteiger partial charge on any atom is 0.252 e. The smallest absolute Gasteiger partial charge is 0.252 e. The van der Waals surface area contributed by atoms with Crippen LogP contribution in [0.5, 0.6) is 0 Å². The van der Waals surface area contributed by atoms with Crippen LogP contribution in [0.2, 0.25) is 0 Å². The van der Waals surface area contributed by atoms with Gasteiger partial charge in [0, 0.05) is 43.7 Å². The lowest BCUT2D eigenvalue weighted by molar-refractivity contribution is 0.0947. The zero-order valence-electron chi connectivity index (χ0n) is 15.8. The highest BCUT2D eigenvalue weighted by Gasteiger charge is 2.20. The van der Waals surface area contributed by atoms with Crippen LogP contribution >= 0.6 is 27.3 Å². The van der Waals surface area contributed by atoms with Crippen molar-refractivity contribution in [3.05, 3.63) is 58.1 Å². The summed E-state index contributed by atoms with van der Waals surface area (Å²) >= 11 is 5.20. The lowest BCUT2D eigenvalue weighted by Gasteiger charge is -2.34. The van der Waals surface area contributed by atoms with Crippen LogP contribution < -0.4 is 10.2 Å². The molecule has 0 atom stereocenters. The highest BCUT2D eigenvalue weighted by Crippen LogP contribution is 2.30. The SMILES string of the molecule is Cc1ccc2nc(N3CCN(CCNC(=O)c4ccccc4Br)CC3)sc2c1. The second-order valence-electron chi connectivity index (χ2n) is 7.03. The summed E-state index contributed by atoms with van der Waals surface area (Å²) in [6, 6.07) is 13.9. The van der Waals surface area contributed by atoms with Crippen LogP contribution in [0.3, 0.4) is 0 Å². The number of carbonyl (C=O) groups excluding carboxylic acids is 1. The van der Waals surface area contributed by atoms with Gasteiger partial charge in [-0.1, -0.05) is 29.5 Å². The van der Waals surface area contributed by atoms with E-state index in [0.29, 0.717) is 12.1 Å². The second-order valence-corrected chi connectivity index (χ2v) is 8.90. The summed E-state index contributed by atoms with van der Waals surface area (Å²) < 4.78 is 2.08. The third kappa shape index (κ3) is 4.37. The van der Waals surface area contributed by atoms with E-state index in [1.807, 2.05) is 24.3 Å². The number of aromatic nitrogens is 1. The molecule has 3 aromatic rings. The van der Waals surface area contributed by atoms with E-state index >= 15 is 0 Å². The summed E-state index contributed by atoms with van der Waals surface area (Å²) in [5.74, 6) is -0.0316. The third-order valence-electron chi connectivity index (χ3n) is 5.01. The minimum Gasteiger partial charge on any atom is -0.351 e. The summed E-state index contributed by atoms with van der Waals surface area (Å²) in [6.45, 7) is 7.55. The number of benzene rings is 2. The van der Waals surface area contributed by atoms with E-state index in [4.69, 9.17) is 4.98 Å². The summed E-state index contributed by atoms with van der Waals surface area (Å²) in [5, 5.41) is 4.13. The molecule has 28 heavy (non-hydrogen) atoms. The van der Waals surface area contributed by atoms with Crippen molar-refractivity contribution in [3.63, 3.8) is 0 Å². The second kappa shape index (κ2) is 8.59. The first-order chi connectivity index (χ1) is 13.6. The number of carbonyl (C=O) groups is 1. The van der Waals surface area contributed by atoms with Crippen LogP contribution in [0.1, 0.15) is 15.9 Å². The molecule has 1 aromatic heterocycles. The predicted molar refractivity (Wildman–Crippen MR) is 119 cm³/mol. The van der Waals surface area contributed by atoms with Crippen molar-refractivity contribution in [3.8, 4) is 0 Å². The molecule has 4 rings (SSSR count). The zero-order chi connectivity index (χ0) is 19.5. The quantitative estimate of drug-likeness (QED) is 0.629. The Hall–Kier alpha value is -1.96. The van der Waals surface area contributed by atoms with Crippen LogP contribution in [-0.2, 0) is 0 Å². The Bertz CT molecular complexity index is 981. The Morgan fingerprint density at radius 3 is 2.75 bits per heavy atom. The Labute approximate surface area is 177 Å². The molecule has 0 bridgehead atoms. The molecule has 0 saturated carbocycles. The van der Waals surface area contributed by atoms with Gasteiger partial charge in [-0.25, -0.2) is 4.98 Å². The molecule has 1 fully saturated rings. The van der Waals surface area contributed by atoms with E-state index in [1.54, 1.807) is 11.3 Å². The van der Waals surface area contributed by atoms with Gasteiger partial charge in [-0.05, 0) is 52.7 Å². The van der Waals surface area contributed by atoms with Gasteiger partial charge in [-0.2, -0.15) is 0 Å². The van der Waals surface area contributed by atoms with E-state index < -0.39 is 0 Å². The van der Waals surface area contributed by atoms with E-state index in [0.717, 1.165) is 47.8 Å². The first-order valence-corrected chi connectivity index (χ1v) is 11.1. The number of nitrogens with zero attached hydrogens (tertiary/aromatic N) is 3. The average Bonchev–Trinajstić information content (AvgIpc) is 3.12. The molecular weight excluding hydrogens is 436 g/mol. The fraction of sp³-hybridized carbons (Fsp3) is 0.333. The number of hydrogen-bond acceptors (Lipinski definition) is 5. The molecule has 2 aromatic carbocycles. The van der Waals surface area contributed by atoms with Crippen molar-refractivity contribution < 1.29 is 4.79 Å². The van der Waals surface area contributed by atoms with Gasteiger partial charge >= 0.3 is 0 Å². The van der Waals surface area contributed by atoms with E-state index in [2.05, 4.69) is 56.2 Å². The number of rotatable bonds is 5. The van der Waals surface area contributed by atoms with Crippen LogP contribution in [0.25, 0.3) is 10.2 Å². The molecule has 1 N–H and O–H groups in total. The fourth-order valence-electron chi connectivity index (χ4n) is 3.39. The average molecular weight is 459 g/mol. The number of halogens is 1. The molecule has 0 aliphatic carbocycles. The molecule has 0 radical (unpaired) electrons. The molecule has 7 heteroatoms. The largest absolute Gasteiger partial charge is 0.351 e. The Morgan fingerprint density at radius 2 is 1.96 bits per heavy atom. The molecule has 1 saturated heterocycles. The number of fused-ring (bicyclic) bond motifs is 1. The number of anilines is 1. The van der Waals surface area contributed by atoms with Crippen molar-refractivity contribution in [2.45, 2.75) is 6.92 Å². The van der Waals surface area contributed by atoms with Gasteiger partial charge in [0.2, 0.25) is 0 Å². The van der Waals surface area contributed by atoms with Gasteiger partial charge in [-0.15, -0.1) is 0 Å². The molecular formula is C21H23BrN4OS. The van der Waals surface area contributed by atoms with E-state index in [-0.39, 0.29) is 5.91 Å². The molecule has 146 valence electrons. The zero-order valence-corrected chi connectivity index (χ0v) is 18.2. The third-order valence-corrected chi connectivity index (χ3v) is 6.78. The van der Waals surface area contributed by atoms with Crippen LogP contribution in [0.4, 0.5) is 5.13 Å². The predicted octanol–water partition coefficient (Wildman–Crippen LogP) is 3.92. The van der Waals surface area contributed by atoms with Gasteiger partial charge in [-0.3, -0.25) is 9.69 Å². The number of nitrogens with one attached hydrogen (secondary N) is 1. The maximum absolute atomic E-state index is 12.3. The van der Waals surface area contributed by atoms with Crippen molar-refractivity contribution >= 4 is 48.5 Å². The fourth-order valence-corrected chi connectivity index (χ4v) is 4.97. The standard InChI is InChI=1S/C21H23BrN4OS/c1-15-6-7-18-19(14-15)28-21(24-18)26-12-10-25(11-13-26)9-8-23-20(27)16-4-2-3-5-17(16)22/h2-7,14H,8-13H2,1H3,(H,23,27). The topological polar surface area (TPSA) is 48.5 Å². The number of amides is 1. The number of thiazole rings is 1. The van der Waals surface area contributed by atoms with Gasteiger partial charge in [0.25, 0.3) is 5.91 Å². The first-order valence-electron chi connectivity index (χ1n) is 9.47. The summed E-state index contributed by atoms with van der Waals surface area (Å²) in [7, 11) is 0. The van der Waals surface area contributed by atoms with Crippen LogP contribution in [0.15, 0.2) is 46.9 Å². The minimum atomic E-state index is -0.0316. The Morgan fingerprint density at radius 1 is 1.18 bits per heavy atom. The number of piperazine rings is 1. The highest BCUT2D eigenvalue weighted by molar-refractivity contribution is 9.10. The molecule has 1 amide bonds. The van der Waals surface area contributed by atoms with Crippen molar-refractivity contribution in [2.75, 3.05) is 44.2 Å². The van der Waals surface area contributed by atoms with Crippen molar-refractivity contribution in [1.82, 2.24) is 15.2 Å². The van der Waals surface area contributed by atoms with E-state index in [9.17, 15) is 4.79 Å². The number of hydrogen-bond donors (Lipinski definition) is 1. The molecule has 0 unspecified atom stereocenters. The first kappa shape index (κ1) is 19.4. The molecule has 1 aliphatic heterocycles. The lowest BCUT2D eigenvalue weighted by Crippen LogP contribution is -2.48. The molecule has 1 aliphatic rings. The summed E-state index contributed by atoms with van der Waals surface area (Å²) in [6.07, 6.45) is 0. The Balaban J connectivity index is 1.26. The van der Waals surface area contributed by atoms with Gasteiger partial charge in [0.05, 0.1) is 15.8 Å². The van der Waals surface area contributed by atoms with Gasteiger partial charge in [0.15, 0.2) is 5.13 Å². The van der Waals surface area contributed by atoms with Crippen LogP contribution in [0, 0.1) is 6.92 Å². The lowest BCUT2D eigenvalue weighted by atomic mass is 10.2. The maximum atomic E-state index is 12.3. The monoisotopic (exact) mass is 458 g/mol. The minimum absolute atomic E-state index is 0.0316. The van der Waals surface area contributed by atoms with Gasteiger partial charge < -0.3 is 10.2 Å². The van der Waals surface area contributed by atoms with Crippen molar-refractivity contribution in [2.24, 2.45) is 0 Å².